The van der Waals surface area contributed by atoms with Crippen molar-refractivity contribution in [3.8, 4) is 11.3 Å². The minimum atomic E-state index is -4.43. The van der Waals surface area contributed by atoms with Gasteiger partial charge in [0.05, 0.1) is 16.9 Å². The van der Waals surface area contributed by atoms with Gasteiger partial charge in [0, 0.05) is 44.0 Å². The number of aryl methyl sites for hydroxylation is 2. The third-order valence-electron chi connectivity index (χ3n) is 6.16. The summed E-state index contributed by atoms with van der Waals surface area (Å²) in [5, 5.41) is 2.96. The van der Waals surface area contributed by atoms with Crippen LogP contribution in [0.2, 0.25) is 0 Å². The summed E-state index contributed by atoms with van der Waals surface area (Å²) in [7, 11) is 0. The number of rotatable bonds is 5. The zero-order chi connectivity index (χ0) is 23.2. The maximum Gasteiger partial charge on any atom is 0.416 e. The molecule has 1 saturated heterocycles. The van der Waals surface area contributed by atoms with Gasteiger partial charge in [-0.2, -0.15) is 13.2 Å². The zero-order valence-electron chi connectivity index (χ0n) is 18.0. The lowest BCUT2D eigenvalue weighted by Crippen LogP contribution is -2.57. The Balaban J connectivity index is 1.34. The number of urea groups is 1. The monoisotopic (exact) mass is 456 g/mol. The minimum Gasteiger partial charge on any atom is -0.347 e. The van der Waals surface area contributed by atoms with Gasteiger partial charge in [0.15, 0.2) is 5.82 Å². The topological polar surface area (TPSA) is 66.3 Å². The average molecular weight is 456 g/mol. The maximum absolute atomic E-state index is 13.1. The molecule has 3 aromatic rings. The van der Waals surface area contributed by atoms with E-state index in [9.17, 15) is 18.0 Å². The van der Waals surface area contributed by atoms with Crippen LogP contribution in [0.3, 0.4) is 0 Å². The predicted molar refractivity (Wildman–Crippen MR) is 118 cm³/mol. The summed E-state index contributed by atoms with van der Waals surface area (Å²) in [6, 6.07) is 8.37. The number of hydrogen-bond donors (Lipinski definition) is 1. The van der Waals surface area contributed by atoms with Crippen molar-refractivity contribution in [3.63, 3.8) is 0 Å². The Bertz CT molecular complexity index is 1190. The van der Waals surface area contributed by atoms with Crippen LogP contribution in [0.5, 0.6) is 0 Å². The predicted octanol–water partition coefficient (Wildman–Crippen LogP) is 4.43. The van der Waals surface area contributed by atoms with Gasteiger partial charge in [-0.25, -0.2) is 14.8 Å². The molecular weight excluding hydrogens is 433 g/mol. The largest absolute Gasteiger partial charge is 0.416 e. The minimum absolute atomic E-state index is 0.111. The van der Waals surface area contributed by atoms with E-state index in [1.807, 2.05) is 23.8 Å². The summed E-state index contributed by atoms with van der Waals surface area (Å²) in [6.45, 7) is 3.98. The second-order valence-corrected chi connectivity index (χ2v) is 8.20. The lowest BCUT2D eigenvalue weighted by Gasteiger charge is -2.39. The van der Waals surface area contributed by atoms with E-state index < -0.39 is 11.7 Å². The molecule has 1 aromatic carbocycles. The highest BCUT2D eigenvalue weighted by atomic mass is 19.4. The van der Waals surface area contributed by atoms with E-state index in [-0.39, 0.29) is 12.2 Å². The number of nitrogens with one attached hydrogen (secondary N) is 1. The third-order valence-corrected chi connectivity index (χ3v) is 6.16. The van der Waals surface area contributed by atoms with Gasteiger partial charge in [0.1, 0.15) is 12.0 Å². The van der Waals surface area contributed by atoms with Crippen molar-refractivity contribution in [1.29, 1.82) is 0 Å². The molecule has 0 bridgehead atoms. The van der Waals surface area contributed by atoms with Crippen LogP contribution in [0.25, 0.3) is 11.3 Å². The van der Waals surface area contributed by atoms with E-state index in [1.165, 1.54) is 6.07 Å². The Morgan fingerprint density at radius 1 is 1.24 bits per heavy atom. The highest BCUT2D eigenvalue weighted by Crippen LogP contribution is 2.45. The molecule has 0 radical (unpaired) electrons. The van der Waals surface area contributed by atoms with Crippen LogP contribution < -0.4 is 15.1 Å². The number of nitrogens with zero attached hydrogens (tertiary/aromatic N) is 5. The van der Waals surface area contributed by atoms with Crippen LogP contribution in [0.4, 0.5) is 29.5 Å². The van der Waals surface area contributed by atoms with Gasteiger partial charge >= 0.3 is 12.2 Å². The van der Waals surface area contributed by atoms with Crippen LogP contribution >= 0.6 is 0 Å². The first-order chi connectivity index (χ1) is 15.8. The molecule has 5 rings (SSSR count). The molecule has 2 aliphatic rings. The molecule has 10 heteroatoms. The van der Waals surface area contributed by atoms with Gasteiger partial charge in [-0.1, -0.05) is 12.1 Å². The van der Waals surface area contributed by atoms with Crippen LogP contribution in [0.15, 0.2) is 48.8 Å². The fraction of sp³-hybridized carbons (Fsp3) is 0.348. The van der Waals surface area contributed by atoms with E-state index in [2.05, 4.69) is 20.2 Å². The maximum atomic E-state index is 13.1. The first kappa shape index (κ1) is 21.3. The Morgan fingerprint density at radius 3 is 2.79 bits per heavy atom. The van der Waals surface area contributed by atoms with E-state index >= 15 is 0 Å². The van der Waals surface area contributed by atoms with Crippen molar-refractivity contribution >= 4 is 17.5 Å². The summed E-state index contributed by atoms with van der Waals surface area (Å²) in [6.07, 6.45) is 0.665. The third kappa shape index (κ3) is 3.90. The molecule has 1 fully saturated rings. The van der Waals surface area contributed by atoms with Gasteiger partial charge in [0.2, 0.25) is 0 Å². The summed E-state index contributed by atoms with van der Waals surface area (Å²) in [5.74, 6) is 1.40. The van der Waals surface area contributed by atoms with Crippen molar-refractivity contribution in [3.05, 3.63) is 60.2 Å². The van der Waals surface area contributed by atoms with Crippen molar-refractivity contribution in [2.75, 3.05) is 22.9 Å². The van der Waals surface area contributed by atoms with E-state index in [4.69, 9.17) is 0 Å². The Hall–Kier alpha value is -3.56. The molecule has 33 heavy (non-hydrogen) atoms. The number of carbonyl (C=O) groups excluding carboxylic acids is 1. The molecule has 7 nitrogen and oxygen atoms in total. The normalized spacial score (nSPS) is 16.9. The molecule has 0 saturated carbocycles. The molecule has 172 valence electrons. The van der Waals surface area contributed by atoms with Crippen LogP contribution in [-0.2, 0) is 12.7 Å². The molecule has 4 heterocycles. The molecule has 2 amide bonds. The fourth-order valence-electron chi connectivity index (χ4n) is 4.32. The number of anilines is 2. The number of pyridine rings is 1. The van der Waals surface area contributed by atoms with E-state index in [0.717, 1.165) is 49.6 Å². The number of imidazole rings is 1. The number of fused-ring (bicyclic) bond motifs is 3. The standard InChI is InChI=1S/C23H23F3N6O/c1-15-27-10-13-30(15)11-3-9-28-22(33)32-20-8-12-31(20)19-7-6-18(29-21(19)32)16-4-2-5-17(14-16)23(24,25)26/h2,4-7,10,13-14,20H,3,8-9,11-12H2,1H3,(H,28,33)/t20-/m0/s1. The van der Waals surface area contributed by atoms with Crippen molar-refractivity contribution in [1.82, 2.24) is 19.9 Å². The summed E-state index contributed by atoms with van der Waals surface area (Å²) < 4.78 is 41.5. The number of alkyl halides is 3. The number of aromatic nitrogens is 3. The second kappa shape index (κ2) is 8.09. The first-order valence-corrected chi connectivity index (χ1v) is 10.8. The summed E-state index contributed by atoms with van der Waals surface area (Å²) in [4.78, 5) is 25.6. The smallest absolute Gasteiger partial charge is 0.347 e. The van der Waals surface area contributed by atoms with E-state index in [1.54, 1.807) is 23.2 Å². The Kier molecular flexibility index (Phi) is 5.22. The lowest BCUT2D eigenvalue weighted by molar-refractivity contribution is -0.137. The highest BCUT2D eigenvalue weighted by molar-refractivity contribution is 5.99. The SMILES string of the molecule is Cc1nccn1CCCNC(=O)N1c2nc(-c3cccc(C(F)(F)F)c3)ccc2N2CC[C@@H]21. The number of benzene rings is 1. The number of carbonyl (C=O) groups is 1. The molecule has 0 aliphatic carbocycles. The van der Waals surface area contributed by atoms with Gasteiger partial charge in [-0.3, -0.25) is 4.90 Å². The van der Waals surface area contributed by atoms with Gasteiger partial charge in [-0.05, 0) is 37.6 Å². The van der Waals surface area contributed by atoms with Gasteiger partial charge in [0.25, 0.3) is 0 Å². The number of amides is 2. The molecule has 0 spiro atoms. The fourth-order valence-corrected chi connectivity index (χ4v) is 4.32. The van der Waals surface area contributed by atoms with Crippen LogP contribution in [0.1, 0.15) is 24.2 Å². The van der Waals surface area contributed by atoms with E-state index in [0.29, 0.717) is 23.6 Å². The molecule has 1 atom stereocenters. The molecule has 1 N–H and O–H groups in total. The first-order valence-electron chi connectivity index (χ1n) is 10.8. The highest BCUT2D eigenvalue weighted by Gasteiger charge is 2.46. The molecule has 0 unspecified atom stereocenters. The van der Waals surface area contributed by atoms with Crippen LogP contribution in [-0.4, -0.2) is 39.8 Å². The zero-order valence-corrected chi connectivity index (χ0v) is 18.0. The molecular formula is C23H23F3N6O. The lowest BCUT2D eigenvalue weighted by atomic mass is 10.1. The van der Waals surface area contributed by atoms with Crippen molar-refractivity contribution < 1.29 is 18.0 Å². The average Bonchev–Trinajstić information content (AvgIpc) is 3.27. The second-order valence-electron chi connectivity index (χ2n) is 8.20. The molecule has 2 aliphatic heterocycles. The Labute approximate surface area is 188 Å². The summed E-state index contributed by atoms with van der Waals surface area (Å²) in [5.41, 5.74) is 0.855. The van der Waals surface area contributed by atoms with Crippen LogP contribution in [0, 0.1) is 6.92 Å². The Morgan fingerprint density at radius 2 is 2.09 bits per heavy atom. The van der Waals surface area contributed by atoms with Gasteiger partial charge < -0.3 is 14.8 Å². The molecule has 2 aromatic heterocycles. The summed E-state index contributed by atoms with van der Waals surface area (Å²) >= 11 is 0. The quantitative estimate of drug-likeness (QED) is 0.577. The number of hydrogen-bond acceptors (Lipinski definition) is 4. The van der Waals surface area contributed by atoms with Crippen molar-refractivity contribution in [2.45, 2.75) is 38.7 Å². The van der Waals surface area contributed by atoms with Gasteiger partial charge in [-0.15, -0.1) is 0 Å². The van der Waals surface area contributed by atoms with Crippen molar-refractivity contribution in [2.24, 2.45) is 0 Å². The number of halogens is 3.